The highest BCUT2D eigenvalue weighted by Gasteiger charge is 2.23. The first-order chi connectivity index (χ1) is 14.5. The van der Waals surface area contributed by atoms with Gasteiger partial charge in [0.05, 0.1) is 11.3 Å². The Morgan fingerprint density at radius 1 is 1.03 bits per heavy atom. The van der Waals surface area contributed by atoms with Crippen molar-refractivity contribution in [1.29, 1.82) is 0 Å². The van der Waals surface area contributed by atoms with Gasteiger partial charge < -0.3 is 4.98 Å². The SMILES string of the molecule is Cc1ccc(S(=O)(=O)NC(C)(C)C)cc1C(=O)NNC(=O)Cc1c[nH]c2ccccc12. The van der Waals surface area contributed by atoms with Gasteiger partial charge in [0.25, 0.3) is 5.91 Å². The first kappa shape index (κ1) is 22.5. The largest absolute Gasteiger partial charge is 0.361 e. The van der Waals surface area contributed by atoms with E-state index in [4.69, 9.17) is 0 Å². The molecule has 8 nitrogen and oxygen atoms in total. The van der Waals surface area contributed by atoms with Gasteiger partial charge in [-0.15, -0.1) is 0 Å². The summed E-state index contributed by atoms with van der Waals surface area (Å²) in [4.78, 5) is 28.0. The predicted molar refractivity (Wildman–Crippen MR) is 119 cm³/mol. The summed E-state index contributed by atoms with van der Waals surface area (Å²) < 4.78 is 27.7. The number of nitrogens with one attached hydrogen (secondary N) is 4. The van der Waals surface area contributed by atoms with Gasteiger partial charge in [-0.3, -0.25) is 20.4 Å². The molecule has 0 radical (unpaired) electrons. The van der Waals surface area contributed by atoms with E-state index in [2.05, 4.69) is 20.6 Å². The van der Waals surface area contributed by atoms with Crippen LogP contribution in [0.25, 0.3) is 10.9 Å². The average molecular weight is 443 g/mol. The van der Waals surface area contributed by atoms with Crippen molar-refractivity contribution in [3.05, 3.63) is 65.4 Å². The summed E-state index contributed by atoms with van der Waals surface area (Å²) in [7, 11) is -3.80. The molecule has 0 spiro atoms. The van der Waals surface area contributed by atoms with E-state index < -0.39 is 27.4 Å². The van der Waals surface area contributed by atoms with Crippen LogP contribution in [0.3, 0.4) is 0 Å². The van der Waals surface area contributed by atoms with Gasteiger partial charge in [0.1, 0.15) is 0 Å². The minimum absolute atomic E-state index is 0.0247. The molecule has 0 aliphatic carbocycles. The molecule has 2 aromatic carbocycles. The minimum Gasteiger partial charge on any atom is -0.361 e. The number of aromatic amines is 1. The first-order valence-electron chi connectivity index (χ1n) is 9.75. The summed E-state index contributed by atoms with van der Waals surface area (Å²) in [5.41, 5.74) is 6.56. The van der Waals surface area contributed by atoms with Crippen LogP contribution in [-0.2, 0) is 21.2 Å². The highest BCUT2D eigenvalue weighted by atomic mass is 32.2. The Kier molecular flexibility index (Phi) is 6.19. The van der Waals surface area contributed by atoms with Gasteiger partial charge in [-0.2, -0.15) is 0 Å². The second-order valence-corrected chi connectivity index (χ2v) is 10.1. The van der Waals surface area contributed by atoms with Gasteiger partial charge in [-0.05, 0) is 57.0 Å². The summed E-state index contributed by atoms with van der Waals surface area (Å²) in [5.74, 6) is -0.994. The number of carbonyl (C=O) groups is 2. The Bertz CT molecular complexity index is 1240. The topological polar surface area (TPSA) is 120 Å². The average Bonchev–Trinajstić information content (AvgIpc) is 3.07. The number of benzene rings is 2. The normalized spacial score (nSPS) is 12.0. The lowest BCUT2D eigenvalue weighted by atomic mass is 10.1. The zero-order chi connectivity index (χ0) is 22.8. The number of carbonyl (C=O) groups excluding carboxylic acids is 2. The van der Waals surface area contributed by atoms with Crippen LogP contribution in [0.1, 0.15) is 42.3 Å². The molecule has 3 rings (SSSR count). The maximum Gasteiger partial charge on any atom is 0.269 e. The fraction of sp³-hybridized carbons (Fsp3) is 0.273. The number of para-hydroxylation sites is 1. The van der Waals surface area contributed by atoms with Crippen LogP contribution in [0, 0.1) is 6.92 Å². The van der Waals surface area contributed by atoms with Crippen molar-refractivity contribution in [3.8, 4) is 0 Å². The van der Waals surface area contributed by atoms with Crippen molar-refractivity contribution < 1.29 is 18.0 Å². The van der Waals surface area contributed by atoms with Crippen molar-refractivity contribution in [3.63, 3.8) is 0 Å². The third-order valence-corrected chi connectivity index (χ3v) is 6.30. The Hall–Kier alpha value is -3.17. The van der Waals surface area contributed by atoms with Crippen LogP contribution in [0.4, 0.5) is 0 Å². The number of aromatic nitrogens is 1. The molecule has 164 valence electrons. The van der Waals surface area contributed by atoms with Crippen molar-refractivity contribution in [2.75, 3.05) is 0 Å². The van der Waals surface area contributed by atoms with Crippen LogP contribution in [0.15, 0.2) is 53.6 Å². The number of aryl methyl sites for hydroxylation is 1. The molecule has 0 saturated carbocycles. The molecule has 0 bridgehead atoms. The fourth-order valence-corrected chi connectivity index (χ4v) is 4.61. The van der Waals surface area contributed by atoms with Gasteiger partial charge in [-0.25, -0.2) is 13.1 Å². The first-order valence-corrected chi connectivity index (χ1v) is 11.2. The van der Waals surface area contributed by atoms with Crippen molar-refractivity contribution in [2.45, 2.75) is 44.6 Å². The number of sulfonamides is 1. The summed E-state index contributed by atoms with van der Waals surface area (Å²) in [6.07, 6.45) is 1.83. The van der Waals surface area contributed by atoms with E-state index in [1.807, 2.05) is 24.3 Å². The maximum atomic E-state index is 12.6. The van der Waals surface area contributed by atoms with Crippen molar-refractivity contribution >= 4 is 32.7 Å². The van der Waals surface area contributed by atoms with Gasteiger partial charge >= 0.3 is 0 Å². The molecule has 2 amide bonds. The third-order valence-electron chi connectivity index (χ3n) is 4.55. The molecule has 3 aromatic rings. The summed E-state index contributed by atoms with van der Waals surface area (Å²) >= 11 is 0. The summed E-state index contributed by atoms with van der Waals surface area (Å²) in [5, 5.41) is 0.934. The van der Waals surface area contributed by atoms with Gasteiger partial charge in [0.2, 0.25) is 15.9 Å². The number of hydrazine groups is 1. The molecular formula is C22H26N4O4S. The second kappa shape index (κ2) is 8.52. The predicted octanol–water partition coefficient (Wildman–Crippen LogP) is 2.56. The lowest BCUT2D eigenvalue weighted by Gasteiger charge is -2.20. The van der Waals surface area contributed by atoms with E-state index in [1.165, 1.54) is 12.1 Å². The molecule has 1 aromatic heterocycles. The molecule has 1 heterocycles. The standard InChI is InChI=1S/C22H26N4O4S/c1-14-9-10-16(31(29,30)26-22(2,3)4)12-18(14)21(28)25-24-20(27)11-15-13-23-19-8-6-5-7-17(15)19/h5-10,12-13,23,26H,11H2,1-4H3,(H,24,27)(H,25,28). The van der Waals surface area contributed by atoms with E-state index in [0.717, 1.165) is 16.5 Å². The maximum absolute atomic E-state index is 12.6. The molecule has 4 N–H and O–H groups in total. The lowest BCUT2D eigenvalue weighted by Crippen LogP contribution is -2.43. The Balaban J connectivity index is 1.69. The summed E-state index contributed by atoms with van der Waals surface area (Å²) in [6.45, 7) is 6.89. The molecule has 0 aliphatic rings. The van der Waals surface area contributed by atoms with Crippen LogP contribution < -0.4 is 15.6 Å². The van der Waals surface area contributed by atoms with Gasteiger partial charge in [0, 0.05) is 28.2 Å². The number of H-pyrrole nitrogens is 1. The van der Waals surface area contributed by atoms with Crippen LogP contribution in [0.5, 0.6) is 0 Å². The van der Waals surface area contributed by atoms with Crippen molar-refractivity contribution in [2.24, 2.45) is 0 Å². The Morgan fingerprint density at radius 2 is 1.74 bits per heavy atom. The molecule has 0 saturated heterocycles. The molecular weight excluding hydrogens is 416 g/mol. The number of hydrogen-bond donors (Lipinski definition) is 4. The number of amides is 2. The third kappa shape index (κ3) is 5.50. The zero-order valence-corrected chi connectivity index (χ0v) is 18.7. The van der Waals surface area contributed by atoms with E-state index in [9.17, 15) is 18.0 Å². The second-order valence-electron chi connectivity index (χ2n) is 8.37. The van der Waals surface area contributed by atoms with E-state index in [1.54, 1.807) is 40.0 Å². The Morgan fingerprint density at radius 3 is 2.45 bits per heavy atom. The van der Waals surface area contributed by atoms with E-state index >= 15 is 0 Å². The molecule has 31 heavy (non-hydrogen) atoms. The smallest absolute Gasteiger partial charge is 0.269 e. The van der Waals surface area contributed by atoms with Crippen LogP contribution in [-0.4, -0.2) is 30.8 Å². The molecule has 0 atom stereocenters. The molecule has 0 unspecified atom stereocenters. The minimum atomic E-state index is -3.80. The number of fused-ring (bicyclic) bond motifs is 1. The van der Waals surface area contributed by atoms with E-state index in [0.29, 0.717) is 5.56 Å². The molecule has 0 fully saturated rings. The van der Waals surface area contributed by atoms with Crippen LogP contribution >= 0.6 is 0 Å². The summed E-state index contributed by atoms with van der Waals surface area (Å²) in [6, 6.07) is 11.9. The molecule has 0 aliphatic heterocycles. The fourth-order valence-electron chi connectivity index (χ4n) is 3.16. The molecule has 9 heteroatoms. The van der Waals surface area contributed by atoms with Gasteiger partial charge in [0.15, 0.2) is 0 Å². The highest BCUT2D eigenvalue weighted by Crippen LogP contribution is 2.19. The Labute approximate surface area is 181 Å². The lowest BCUT2D eigenvalue weighted by molar-refractivity contribution is -0.121. The van der Waals surface area contributed by atoms with Gasteiger partial charge in [-0.1, -0.05) is 24.3 Å². The van der Waals surface area contributed by atoms with Crippen molar-refractivity contribution in [1.82, 2.24) is 20.6 Å². The number of rotatable bonds is 5. The number of hydrogen-bond acceptors (Lipinski definition) is 4. The highest BCUT2D eigenvalue weighted by molar-refractivity contribution is 7.89. The monoisotopic (exact) mass is 442 g/mol. The zero-order valence-electron chi connectivity index (χ0n) is 17.9. The quantitative estimate of drug-likeness (QED) is 0.454. The van der Waals surface area contributed by atoms with E-state index in [-0.39, 0.29) is 16.9 Å². The van der Waals surface area contributed by atoms with Crippen LogP contribution in [0.2, 0.25) is 0 Å².